The van der Waals surface area contributed by atoms with E-state index in [1.165, 1.54) is 6.92 Å². The second kappa shape index (κ2) is 6.95. The number of benzene rings is 1. The van der Waals surface area contributed by atoms with Crippen molar-refractivity contribution in [1.29, 1.82) is 0 Å². The van der Waals surface area contributed by atoms with Gasteiger partial charge in [0.05, 0.1) is 8.95 Å². The van der Waals surface area contributed by atoms with Crippen LogP contribution in [0, 0.1) is 23.3 Å². The Labute approximate surface area is 112 Å². The van der Waals surface area contributed by atoms with Crippen LogP contribution >= 0.6 is 31.9 Å². The molecule has 17 heavy (non-hydrogen) atoms. The molecule has 0 saturated heterocycles. The third-order valence-electron chi connectivity index (χ3n) is 1.51. The lowest BCUT2D eigenvalue weighted by Crippen LogP contribution is -2.11. The minimum Gasteiger partial charge on any atom is -0.359 e. The lowest BCUT2D eigenvalue weighted by molar-refractivity contribution is -0.118. The summed E-state index contributed by atoms with van der Waals surface area (Å²) in [6, 6.07) is 0. The number of halogens is 6. The van der Waals surface area contributed by atoms with Crippen LogP contribution in [0.3, 0.4) is 0 Å². The summed E-state index contributed by atoms with van der Waals surface area (Å²) in [6.45, 7) is 1.47. The zero-order valence-electron chi connectivity index (χ0n) is 8.68. The molecule has 0 radical (unpaired) electrons. The molecule has 0 saturated carbocycles. The molecule has 1 rings (SSSR count). The van der Waals surface area contributed by atoms with Crippen LogP contribution in [-0.4, -0.2) is 13.0 Å². The van der Waals surface area contributed by atoms with Gasteiger partial charge in [-0.15, -0.1) is 0 Å². The van der Waals surface area contributed by atoms with Crippen molar-refractivity contribution < 1.29 is 22.4 Å². The van der Waals surface area contributed by atoms with E-state index in [-0.39, 0.29) is 5.91 Å². The number of nitrogens with one attached hydrogen (secondary N) is 1. The van der Waals surface area contributed by atoms with Crippen LogP contribution in [0.1, 0.15) is 6.92 Å². The molecule has 1 amide bonds. The van der Waals surface area contributed by atoms with Crippen molar-refractivity contribution in [2.45, 2.75) is 6.92 Å². The van der Waals surface area contributed by atoms with Gasteiger partial charge >= 0.3 is 0 Å². The minimum absolute atomic E-state index is 0.00463. The molecule has 2 nitrogen and oxygen atoms in total. The third kappa shape index (κ3) is 4.27. The van der Waals surface area contributed by atoms with Crippen molar-refractivity contribution >= 4 is 37.8 Å². The summed E-state index contributed by atoms with van der Waals surface area (Å²) in [4.78, 5) is 9.70. The molecule has 0 unspecified atom stereocenters. The fraction of sp³-hybridized carbons (Fsp3) is 0.222. The Morgan fingerprint density at radius 1 is 0.941 bits per heavy atom. The fourth-order valence-corrected chi connectivity index (χ4v) is 1.27. The molecule has 0 bridgehead atoms. The molecule has 0 aliphatic rings. The van der Waals surface area contributed by atoms with E-state index in [4.69, 9.17) is 0 Å². The molecule has 1 aromatic rings. The highest BCUT2D eigenvalue weighted by atomic mass is 79.9. The SMILES string of the molecule is CNC(C)=O.Fc1c(F)c(F)c(Br)c(Br)c1F. The van der Waals surface area contributed by atoms with E-state index in [1.807, 2.05) is 0 Å². The van der Waals surface area contributed by atoms with Crippen LogP contribution in [0.2, 0.25) is 0 Å². The zero-order valence-corrected chi connectivity index (χ0v) is 11.8. The molecule has 0 aliphatic carbocycles. The maximum absolute atomic E-state index is 12.6. The summed E-state index contributed by atoms with van der Waals surface area (Å²) >= 11 is 5.09. The number of carbonyl (C=O) groups excluding carboxylic acids is 1. The summed E-state index contributed by atoms with van der Waals surface area (Å²) < 4.78 is 49.0. The fourth-order valence-electron chi connectivity index (χ4n) is 0.578. The maximum atomic E-state index is 12.6. The van der Waals surface area contributed by atoms with Gasteiger partial charge in [-0.05, 0) is 31.9 Å². The van der Waals surface area contributed by atoms with Gasteiger partial charge in [0, 0.05) is 14.0 Å². The third-order valence-corrected chi connectivity index (χ3v) is 3.53. The molecule has 96 valence electrons. The average Bonchev–Trinajstić information content (AvgIpc) is 2.32. The lowest BCUT2D eigenvalue weighted by atomic mass is 10.3. The van der Waals surface area contributed by atoms with Gasteiger partial charge in [-0.1, -0.05) is 0 Å². The predicted octanol–water partition coefficient (Wildman–Crippen LogP) is 3.52. The monoisotopic (exact) mass is 379 g/mol. The molecule has 0 aliphatic heterocycles. The van der Waals surface area contributed by atoms with Crippen LogP contribution in [0.4, 0.5) is 17.6 Å². The molecule has 8 heteroatoms. The molecule has 0 fully saturated rings. The zero-order chi connectivity index (χ0) is 13.7. The summed E-state index contributed by atoms with van der Waals surface area (Å²) in [6.07, 6.45) is 0. The van der Waals surface area contributed by atoms with Gasteiger partial charge < -0.3 is 5.32 Å². The van der Waals surface area contributed by atoms with E-state index in [0.29, 0.717) is 0 Å². The number of carbonyl (C=O) groups is 1. The van der Waals surface area contributed by atoms with Crippen LogP contribution < -0.4 is 5.32 Å². The first-order valence-electron chi connectivity index (χ1n) is 4.09. The number of rotatable bonds is 0. The van der Waals surface area contributed by atoms with Crippen molar-refractivity contribution in [1.82, 2.24) is 5.32 Å². The van der Waals surface area contributed by atoms with E-state index < -0.39 is 32.2 Å². The summed E-state index contributed by atoms with van der Waals surface area (Å²) in [5, 5.41) is 2.39. The van der Waals surface area contributed by atoms with Crippen LogP contribution in [0.15, 0.2) is 8.95 Å². The first kappa shape index (κ1) is 16.4. The highest BCUT2D eigenvalue weighted by Gasteiger charge is 2.22. The molecule has 1 aromatic carbocycles. The highest BCUT2D eigenvalue weighted by Crippen LogP contribution is 2.32. The van der Waals surface area contributed by atoms with Crippen molar-refractivity contribution in [2.75, 3.05) is 7.05 Å². The molecule has 0 heterocycles. The van der Waals surface area contributed by atoms with Gasteiger partial charge in [-0.25, -0.2) is 17.6 Å². The normalized spacial score (nSPS) is 9.41. The number of hydrogen-bond acceptors (Lipinski definition) is 1. The number of hydrogen-bond donors (Lipinski definition) is 1. The Balaban J connectivity index is 0.000000437. The van der Waals surface area contributed by atoms with Gasteiger partial charge in [0.15, 0.2) is 23.3 Å². The highest BCUT2D eigenvalue weighted by molar-refractivity contribution is 9.13. The van der Waals surface area contributed by atoms with E-state index >= 15 is 0 Å². The molecule has 0 spiro atoms. The van der Waals surface area contributed by atoms with Gasteiger partial charge in [0.1, 0.15) is 0 Å². The molecule has 1 N–H and O–H groups in total. The lowest BCUT2D eigenvalue weighted by Gasteiger charge is -2.02. The van der Waals surface area contributed by atoms with Gasteiger partial charge in [0.25, 0.3) is 0 Å². The minimum atomic E-state index is -1.83. The summed E-state index contributed by atoms with van der Waals surface area (Å²) in [7, 11) is 1.60. The molecule has 0 atom stereocenters. The topological polar surface area (TPSA) is 29.1 Å². The number of amides is 1. The second-order valence-electron chi connectivity index (χ2n) is 2.69. The predicted molar refractivity (Wildman–Crippen MR) is 61.4 cm³/mol. The first-order valence-corrected chi connectivity index (χ1v) is 5.67. The largest absolute Gasteiger partial charge is 0.359 e. The Kier molecular flexibility index (Phi) is 6.69. The van der Waals surface area contributed by atoms with E-state index in [2.05, 4.69) is 37.2 Å². The molecular weight excluding hydrogens is 374 g/mol. The standard InChI is InChI=1S/C6Br2F4.C3H7NO/c7-1-2(8)4(10)6(12)5(11)3(1)9;1-3(5)4-2/h;1-2H3,(H,4,5). The Hall–Kier alpha value is -0.630. The van der Waals surface area contributed by atoms with Crippen LogP contribution in [0.5, 0.6) is 0 Å². The first-order chi connectivity index (χ1) is 7.73. The Morgan fingerprint density at radius 2 is 1.18 bits per heavy atom. The van der Waals surface area contributed by atoms with Crippen molar-refractivity contribution in [2.24, 2.45) is 0 Å². The van der Waals surface area contributed by atoms with Gasteiger partial charge in [0.2, 0.25) is 5.91 Å². The molecule has 0 aromatic heterocycles. The van der Waals surface area contributed by atoms with E-state index in [0.717, 1.165) is 0 Å². The summed E-state index contributed by atoms with van der Waals surface area (Å²) in [5.74, 6) is -6.57. The van der Waals surface area contributed by atoms with Crippen molar-refractivity contribution in [3.8, 4) is 0 Å². The quantitative estimate of drug-likeness (QED) is 0.416. The second-order valence-corrected chi connectivity index (χ2v) is 4.28. The van der Waals surface area contributed by atoms with Crippen molar-refractivity contribution in [3.05, 3.63) is 32.2 Å². The maximum Gasteiger partial charge on any atom is 0.216 e. The molecular formula is C9H7Br2F4NO. The Morgan fingerprint density at radius 3 is 1.35 bits per heavy atom. The Bertz CT molecular complexity index is 334. The van der Waals surface area contributed by atoms with Crippen LogP contribution in [-0.2, 0) is 4.79 Å². The van der Waals surface area contributed by atoms with Gasteiger partial charge in [-0.2, -0.15) is 0 Å². The van der Waals surface area contributed by atoms with E-state index in [9.17, 15) is 22.4 Å². The van der Waals surface area contributed by atoms with Crippen LogP contribution in [0.25, 0.3) is 0 Å². The van der Waals surface area contributed by atoms with Gasteiger partial charge in [-0.3, -0.25) is 4.79 Å². The van der Waals surface area contributed by atoms with Crippen molar-refractivity contribution in [3.63, 3.8) is 0 Å². The average molecular weight is 381 g/mol. The summed E-state index contributed by atoms with van der Waals surface area (Å²) in [5.41, 5.74) is 0. The van der Waals surface area contributed by atoms with E-state index in [1.54, 1.807) is 7.05 Å². The smallest absolute Gasteiger partial charge is 0.216 e.